The molecule has 0 aliphatic carbocycles. The summed E-state index contributed by atoms with van der Waals surface area (Å²) in [5.41, 5.74) is 0.961. The molecule has 1 aromatic carbocycles. The van der Waals surface area contributed by atoms with Gasteiger partial charge < -0.3 is 10.2 Å². The average molecular weight is 311 g/mol. The highest BCUT2D eigenvalue weighted by molar-refractivity contribution is 7.89. The van der Waals surface area contributed by atoms with Crippen LogP contribution in [0.1, 0.15) is 26.2 Å². The lowest BCUT2D eigenvalue weighted by atomic mass is 10.1. The van der Waals surface area contributed by atoms with Gasteiger partial charge >= 0.3 is 0 Å². The van der Waals surface area contributed by atoms with E-state index < -0.39 is 10.0 Å². The van der Waals surface area contributed by atoms with Gasteiger partial charge in [-0.05, 0) is 50.2 Å². The summed E-state index contributed by atoms with van der Waals surface area (Å²) < 4.78 is 26.1. The van der Waals surface area contributed by atoms with Crippen LogP contribution in [0.25, 0.3) is 0 Å². The number of benzene rings is 1. The lowest BCUT2D eigenvalue weighted by Gasteiger charge is -2.26. The van der Waals surface area contributed by atoms with Crippen LogP contribution in [-0.2, 0) is 10.0 Å². The van der Waals surface area contributed by atoms with Crippen molar-refractivity contribution in [2.24, 2.45) is 0 Å². The molecule has 1 aliphatic heterocycles. The van der Waals surface area contributed by atoms with Crippen molar-refractivity contribution in [2.45, 2.75) is 31.1 Å². The molecular weight excluding hydrogens is 286 g/mol. The fourth-order valence-corrected chi connectivity index (χ4v) is 3.61. The Morgan fingerprint density at radius 2 is 1.76 bits per heavy atom. The first-order valence-corrected chi connectivity index (χ1v) is 9.16. The van der Waals surface area contributed by atoms with Gasteiger partial charge in [-0.25, -0.2) is 13.1 Å². The number of hydrogen-bond acceptors (Lipinski definition) is 4. The Balaban J connectivity index is 1.82. The first-order valence-electron chi connectivity index (χ1n) is 7.68. The maximum atomic E-state index is 11.8. The van der Waals surface area contributed by atoms with Crippen LogP contribution in [-0.4, -0.2) is 46.0 Å². The van der Waals surface area contributed by atoms with Gasteiger partial charge in [-0.2, -0.15) is 0 Å². The molecule has 21 heavy (non-hydrogen) atoms. The van der Waals surface area contributed by atoms with Gasteiger partial charge in [0.2, 0.25) is 10.0 Å². The van der Waals surface area contributed by atoms with Crippen LogP contribution in [0.15, 0.2) is 29.2 Å². The van der Waals surface area contributed by atoms with Gasteiger partial charge in [0, 0.05) is 25.3 Å². The van der Waals surface area contributed by atoms with Gasteiger partial charge in [-0.3, -0.25) is 0 Å². The molecule has 0 amide bonds. The topological polar surface area (TPSA) is 61.4 Å². The van der Waals surface area contributed by atoms with Crippen molar-refractivity contribution in [3.8, 4) is 0 Å². The summed E-state index contributed by atoms with van der Waals surface area (Å²) in [6.07, 6.45) is 3.96. The van der Waals surface area contributed by atoms with E-state index in [1.807, 2.05) is 12.1 Å². The minimum Gasteiger partial charge on any atom is -0.384 e. The van der Waals surface area contributed by atoms with Gasteiger partial charge in [0.25, 0.3) is 0 Å². The molecule has 5 nitrogen and oxygen atoms in total. The zero-order valence-corrected chi connectivity index (χ0v) is 13.5. The minimum absolute atomic E-state index is 0.311. The van der Waals surface area contributed by atoms with E-state index in [2.05, 4.69) is 14.9 Å². The second-order valence-corrected chi connectivity index (χ2v) is 7.12. The normalized spacial score (nSPS) is 16.8. The summed E-state index contributed by atoms with van der Waals surface area (Å²) in [4.78, 5) is 2.78. The smallest absolute Gasteiger partial charge is 0.240 e. The van der Waals surface area contributed by atoms with Crippen LogP contribution >= 0.6 is 0 Å². The summed E-state index contributed by atoms with van der Waals surface area (Å²) in [7, 11) is -3.35. The standard InChI is InChI=1S/C15H25N3O2S/c1-2-17-21(19,20)15-8-6-14(7-9-15)16-10-13-18-11-4-3-5-12-18/h6-9,16-17H,2-5,10-13H2,1H3. The first kappa shape index (κ1) is 16.3. The van der Waals surface area contributed by atoms with Crippen molar-refractivity contribution >= 4 is 15.7 Å². The third-order valence-corrected chi connectivity index (χ3v) is 5.27. The molecule has 1 heterocycles. The van der Waals surface area contributed by atoms with E-state index in [9.17, 15) is 8.42 Å². The second-order valence-electron chi connectivity index (χ2n) is 5.35. The zero-order chi connectivity index (χ0) is 15.1. The van der Waals surface area contributed by atoms with Crippen molar-refractivity contribution < 1.29 is 8.42 Å². The van der Waals surface area contributed by atoms with Crippen molar-refractivity contribution in [1.29, 1.82) is 0 Å². The average Bonchev–Trinajstić information content (AvgIpc) is 2.49. The summed E-state index contributed by atoms with van der Waals surface area (Å²) in [6.45, 7) is 6.49. The molecule has 0 bridgehead atoms. The molecule has 0 aromatic heterocycles. The summed E-state index contributed by atoms with van der Waals surface area (Å²) in [5, 5.41) is 3.35. The van der Waals surface area contributed by atoms with E-state index >= 15 is 0 Å². The molecule has 0 spiro atoms. The maximum Gasteiger partial charge on any atom is 0.240 e. The Morgan fingerprint density at radius 1 is 1.10 bits per heavy atom. The highest BCUT2D eigenvalue weighted by Gasteiger charge is 2.12. The Labute approximate surface area is 127 Å². The molecule has 0 saturated carbocycles. The molecule has 6 heteroatoms. The van der Waals surface area contributed by atoms with E-state index in [0.717, 1.165) is 18.8 Å². The summed E-state index contributed by atoms with van der Waals surface area (Å²) in [5.74, 6) is 0. The predicted octanol–water partition coefficient (Wildman–Crippen LogP) is 1.88. The summed E-state index contributed by atoms with van der Waals surface area (Å²) in [6, 6.07) is 6.92. The highest BCUT2D eigenvalue weighted by Crippen LogP contribution is 2.14. The number of rotatable bonds is 7. The first-order chi connectivity index (χ1) is 10.1. The van der Waals surface area contributed by atoms with E-state index in [0.29, 0.717) is 11.4 Å². The molecule has 2 rings (SSSR count). The number of nitrogens with zero attached hydrogens (tertiary/aromatic N) is 1. The van der Waals surface area contributed by atoms with E-state index in [1.54, 1.807) is 19.1 Å². The largest absolute Gasteiger partial charge is 0.384 e. The van der Waals surface area contributed by atoms with Crippen LogP contribution in [0.2, 0.25) is 0 Å². The van der Waals surface area contributed by atoms with Gasteiger partial charge in [0.05, 0.1) is 4.90 Å². The van der Waals surface area contributed by atoms with E-state index in [1.165, 1.54) is 32.4 Å². The van der Waals surface area contributed by atoms with Gasteiger partial charge in [-0.15, -0.1) is 0 Å². The molecule has 0 atom stereocenters. The lowest BCUT2D eigenvalue weighted by Crippen LogP contribution is -2.33. The number of anilines is 1. The Morgan fingerprint density at radius 3 is 2.38 bits per heavy atom. The molecule has 118 valence electrons. The number of hydrogen-bond donors (Lipinski definition) is 2. The number of nitrogens with one attached hydrogen (secondary N) is 2. The highest BCUT2D eigenvalue weighted by atomic mass is 32.2. The van der Waals surface area contributed by atoms with Crippen LogP contribution in [0.3, 0.4) is 0 Å². The number of likely N-dealkylation sites (tertiary alicyclic amines) is 1. The SMILES string of the molecule is CCNS(=O)(=O)c1ccc(NCCN2CCCCC2)cc1. The van der Waals surface area contributed by atoms with Crippen molar-refractivity contribution in [2.75, 3.05) is 38.0 Å². The second kappa shape index (κ2) is 7.77. The Kier molecular flexibility index (Phi) is 6.02. The van der Waals surface area contributed by atoms with Crippen LogP contribution in [0.5, 0.6) is 0 Å². The number of sulfonamides is 1. The van der Waals surface area contributed by atoms with Gasteiger partial charge in [-0.1, -0.05) is 13.3 Å². The van der Waals surface area contributed by atoms with Crippen molar-refractivity contribution in [1.82, 2.24) is 9.62 Å². The molecule has 2 N–H and O–H groups in total. The van der Waals surface area contributed by atoms with Crippen LogP contribution in [0, 0.1) is 0 Å². The maximum absolute atomic E-state index is 11.8. The monoisotopic (exact) mass is 311 g/mol. The predicted molar refractivity (Wildman–Crippen MR) is 86.1 cm³/mol. The Hall–Kier alpha value is -1.11. The molecule has 1 saturated heterocycles. The fraction of sp³-hybridized carbons (Fsp3) is 0.600. The zero-order valence-electron chi connectivity index (χ0n) is 12.6. The van der Waals surface area contributed by atoms with E-state index in [4.69, 9.17) is 0 Å². The Bertz CT molecular complexity index is 522. The van der Waals surface area contributed by atoms with Gasteiger partial charge in [0.15, 0.2) is 0 Å². The van der Waals surface area contributed by atoms with Crippen molar-refractivity contribution in [3.63, 3.8) is 0 Å². The molecular formula is C15H25N3O2S. The van der Waals surface area contributed by atoms with Gasteiger partial charge in [0.1, 0.15) is 0 Å². The molecule has 0 unspecified atom stereocenters. The summed E-state index contributed by atoms with van der Waals surface area (Å²) >= 11 is 0. The quantitative estimate of drug-likeness (QED) is 0.807. The fourth-order valence-electron chi connectivity index (χ4n) is 2.57. The molecule has 1 aromatic rings. The third kappa shape index (κ3) is 4.98. The molecule has 1 fully saturated rings. The van der Waals surface area contributed by atoms with E-state index in [-0.39, 0.29) is 0 Å². The molecule has 0 radical (unpaired) electrons. The molecule has 1 aliphatic rings. The minimum atomic E-state index is -3.35. The lowest BCUT2D eigenvalue weighted by molar-refractivity contribution is 0.237. The van der Waals surface area contributed by atoms with Crippen molar-refractivity contribution in [3.05, 3.63) is 24.3 Å². The third-order valence-electron chi connectivity index (χ3n) is 3.70. The number of piperidine rings is 1. The van der Waals surface area contributed by atoms with Crippen LogP contribution < -0.4 is 10.0 Å². The van der Waals surface area contributed by atoms with Crippen LogP contribution in [0.4, 0.5) is 5.69 Å².